The number of aliphatic hydroxyl groups excluding tert-OH is 1. The summed E-state index contributed by atoms with van der Waals surface area (Å²) in [6.07, 6.45) is -1.58. The molecule has 0 radical (unpaired) electrons. The quantitative estimate of drug-likeness (QED) is 0.651. The van der Waals surface area contributed by atoms with Gasteiger partial charge in [-0.15, -0.1) is 0 Å². The van der Waals surface area contributed by atoms with Gasteiger partial charge in [-0.1, -0.05) is 29.8 Å². The number of aromatic nitrogens is 1. The summed E-state index contributed by atoms with van der Waals surface area (Å²) < 4.78 is 5.31. The summed E-state index contributed by atoms with van der Waals surface area (Å²) in [5.74, 6) is -0.851. The number of ketones is 1. The lowest BCUT2D eigenvalue weighted by Gasteiger charge is -2.12. The van der Waals surface area contributed by atoms with Crippen LogP contribution >= 0.6 is 0 Å². The van der Waals surface area contributed by atoms with Gasteiger partial charge < -0.3 is 14.8 Å². The summed E-state index contributed by atoms with van der Waals surface area (Å²) in [6, 6.07) is 7.12. The van der Waals surface area contributed by atoms with Crippen molar-refractivity contribution in [2.75, 3.05) is 0 Å². The first-order chi connectivity index (χ1) is 11.2. The largest absolute Gasteiger partial charge is 0.450 e. The number of carbonyl (C=O) groups excluding carboxylic acids is 2. The summed E-state index contributed by atoms with van der Waals surface area (Å²) in [6.45, 7) is 8.66. The Morgan fingerprint density at radius 1 is 1.08 bits per heavy atom. The van der Waals surface area contributed by atoms with E-state index in [-0.39, 0.29) is 11.5 Å². The van der Waals surface area contributed by atoms with Crippen LogP contribution in [0.2, 0.25) is 0 Å². The fourth-order valence-electron chi connectivity index (χ4n) is 2.82. The SMILES string of the molecule is Cc1ccc(C(=O)C(C)OC(=O)c2[nH]c(C)c(C(C)O)c2C)cc1. The van der Waals surface area contributed by atoms with Crippen LogP contribution < -0.4 is 0 Å². The normalized spacial score (nSPS) is 13.4. The van der Waals surface area contributed by atoms with E-state index in [1.807, 2.05) is 19.1 Å². The highest BCUT2D eigenvalue weighted by atomic mass is 16.5. The number of benzene rings is 1. The van der Waals surface area contributed by atoms with Crippen molar-refractivity contribution in [2.24, 2.45) is 0 Å². The molecule has 128 valence electrons. The number of hydrogen-bond acceptors (Lipinski definition) is 4. The Labute approximate surface area is 141 Å². The van der Waals surface area contributed by atoms with Gasteiger partial charge in [-0.05, 0) is 40.2 Å². The second-order valence-electron chi connectivity index (χ2n) is 6.12. The highest BCUT2D eigenvalue weighted by Gasteiger charge is 2.25. The minimum absolute atomic E-state index is 0.250. The zero-order valence-corrected chi connectivity index (χ0v) is 14.6. The number of aliphatic hydroxyl groups is 1. The van der Waals surface area contributed by atoms with Gasteiger partial charge in [0.15, 0.2) is 6.10 Å². The van der Waals surface area contributed by atoms with Gasteiger partial charge in [0.25, 0.3) is 0 Å². The lowest BCUT2D eigenvalue weighted by Crippen LogP contribution is -2.25. The third-order valence-corrected chi connectivity index (χ3v) is 4.11. The number of esters is 1. The summed E-state index contributed by atoms with van der Waals surface area (Å²) in [4.78, 5) is 27.7. The monoisotopic (exact) mass is 329 g/mol. The maximum absolute atomic E-state index is 12.4. The molecule has 0 fully saturated rings. The molecule has 5 nitrogen and oxygen atoms in total. The highest BCUT2D eigenvalue weighted by Crippen LogP contribution is 2.25. The van der Waals surface area contributed by atoms with E-state index in [9.17, 15) is 14.7 Å². The second-order valence-corrected chi connectivity index (χ2v) is 6.12. The summed E-state index contributed by atoms with van der Waals surface area (Å²) in [7, 11) is 0. The molecule has 0 bridgehead atoms. The molecule has 2 N–H and O–H groups in total. The summed E-state index contributed by atoms with van der Waals surface area (Å²) in [5, 5.41) is 9.80. The van der Waals surface area contributed by atoms with Gasteiger partial charge in [0.1, 0.15) is 5.69 Å². The average molecular weight is 329 g/mol. The summed E-state index contributed by atoms with van der Waals surface area (Å²) >= 11 is 0. The number of H-pyrrole nitrogens is 1. The first-order valence-electron chi connectivity index (χ1n) is 7.91. The first kappa shape index (κ1) is 17.9. The predicted molar refractivity (Wildman–Crippen MR) is 91.3 cm³/mol. The number of nitrogens with one attached hydrogen (secondary N) is 1. The molecule has 1 heterocycles. The minimum atomic E-state index is -0.891. The molecule has 0 amide bonds. The van der Waals surface area contributed by atoms with Crippen molar-refractivity contribution in [3.8, 4) is 0 Å². The Morgan fingerprint density at radius 2 is 1.67 bits per heavy atom. The van der Waals surface area contributed by atoms with Gasteiger partial charge in [-0.3, -0.25) is 4.79 Å². The topological polar surface area (TPSA) is 79.4 Å². The van der Waals surface area contributed by atoms with Crippen molar-refractivity contribution in [3.63, 3.8) is 0 Å². The lowest BCUT2D eigenvalue weighted by molar-refractivity contribution is 0.0313. The second kappa shape index (κ2) is 7.01. The number of aromatic amines is 1. The van der Waals surface area contributed by atoms with E-state index in [1.165, 1.54) is 0 Å². The van der Waals surface area contributed by atoms with Crippen LogP contribution in [0.25, 0.3) is 0 Å². The van der Waals surface area contributed by atoms with Crippen LogP contribution in [0.4, 0.5) is 0 Å². The molecule has 1 aromatic heterocycles. The van der Waals surface area contributed by atoms with E-state index in [0.29, 0.717) is 22.4 Å². The zero-order valence-electron chi connectivity index (χ0n) is 14.6. The Balaban J connectivity index is 2.16. The molecular weight excluding hydrogens is 306 g/mol. The van der Waals surface area contributed by atoms with Crippen LogP contribution in [-0.4, -0.2) is 27.9 Å². The van der Waals surface area contributed by atoms with Crippen LogP contribution in [-0.2, 0) is 4.74 Å². The van der Waals surface area contributed by atoms with Gasteiger partial charge in [-0.25, -0.2) is 4.79 Å². The van der Waals surface area contributed by atoms with Crippen LogP contribution in [0.1, 0.15) is 63.2 Å². The number of rotatable bonds is 5. The highest BCUT2D eigenvalue weighted by molar-refractivity contribution is 6.01. The molecule has 24 heavy (non-hydrogen) atoms. The molecule has 0 saturated carbocycles. The van der Waals surface area contributed by atoms with Gasteiger partial charge in [0.2, 0.25) is 5.78 Å². The number of aryl methyl sites for hydroxylation is 2. The minimum Gasteiger partial charge on any atom is -0.450 e. The van der Waals surface area contributed by atoms with Crippen molar-refractivity contribution in [1.82, 2.24) is 4.98 Å². The Kier molecular flexibility index (Phi) is 5.24. The van der Waals surface area contributed by atoms with Gasteiger partial charge in [0.05, 0.1) is 6.10 Å². The van der Waals surface area contributed by atoms with Crippen LogP contribution in [0.5, 0.6) is 0 Å². The molecule has 0 spiro atoms. The van der Waals surface area contributed by atoms with Gasteiger partial charge in [0, 0.05) is 16.8 Å². The Bertz CT molecular complexity index is 756. The molecule has 0 aliphatic heterocycles. The van der Waals surface area contributed by atoms with Crippen LogP contribution in [0, 0.1) is 20.8 Å². The molecule has 2 aromatic rings. The number of hydrogen-bond donors (Lipinski definition) is 2. The maximum Gasteiger partial charge on any atom is 0.355 e. The van der Waals surface area contributed by atoms with E-state index in [1.54, 1.807) is 39.8 Å². The van der Waals surface area contributed by atoms with Crippen LogP contribution in [0.3, 0.4) is 0 Å². The number of carbonyl (C=O) groups is 2. The predicted octanol–water partition coefficient (Wildman–Crippen LogP) is 3.42. The summed E-state index contributed by atoms with van der Waals surface area (Å²) in [5.41, 5.74) is 3.87. The Morgan fingerprint density at radius 3 is 2.17 bits per heavy atom. The van der Waals surface area contributed by atoms with E-state index in [0.717, 1.165) is 5.56 Å². The van der Waals surface area contributed by atoms with Gasteiger partial charge in [-0.2, -0.15) is 0 Å². The third-order valence-electron chi connectivity index (χ3n) is 4.11. The maximum atomic E-state index is 12.4. The molecule has 5 heteroatoms. The molecule has 0 aliphatic carbocycles. The van der Waals surface area contributed by atoms with Crippen molar-refractivity contribution in [1.29, 1.82) is 0 Å². The fourth-order valence-corrected chi connectivity index (χ4v) is 2.82. The first-order valence-corrected chi connectivity index (χ1v) is 7.91. The smallest absolute Gasteiger partial charge is 0.355 e. The van der Waals surface area contributed by atoms with Crippen molar-refractivity contribution >= 4 is 11.8 Å². The van der Waals surface area contributed by atoms with E-state index in [4.69, 9.17) is 4.74 Å². The van der Waals surface area contributed by atoms with Gasteiger partial charge >= 0.3 is 5.97 Å². The molecule has 2 unspecified atom stereocenters. The lowest BCUT2D eigenvalue weighted by atomic mass is 10.0. The molecule has 2 atom stereocenters. The third kappa shape index (κ3) is 3.57. The van der Waals surface area contributed by atoms with E-state index >= 15 is 0 Å². The molecule has 1 aromatic carbocycles. The standard InChI is InChI=1S/C19H23NO4/c1-10-6-8-15(9-7-10)18(22)14(5)24-19(23)17-11(2)16(13(4)21)12(3)20-17/h6-9,13-14,20-21H,1-5H3. The number of Topliss-reactive ketones (excluding diaryl/α,β-unsaturated/α-hetero) is 1. The van der Waals surface area contributed by atoms with E-state index < -0.39 is 18.2 Å². The van der Waals surface area contributed by atoms with Crippen molar-refractivity contribution in [2.45, 2.75) is 46.8 Å². The Hall–Kier alpha value is -2.40. The zero-order chi connectivity index (χ0) is 18.0. The fraction of sp³-hybridized carbons (Fsp3) is 0.368. The van der Waals surface area contributed by atoms with Crippen molar-refractivity contribution < 1.29 is 19.4 Å². The molecule has 0 saturated heterocycles. The van der Waals surface area contributed by atoms with Crippen LogP contribution in [0.15, 0.2) is 24.3 Å². The van der Waals surface area contributed by atoms with E-state index in [2.05, 4.69) is 4.98 Å². The number of ether oxygens (including phenoxy) is 1. The molecular formula is C19H23NO4. The molecule has 0 aliphatic rings. The van der Waals surface area contributed by atoms with Crippen molar-refractivity contribution in [3.05, 3.63) is 57.9 Å². The molecule has 2 rings (SSSR count). The average Bonchev–Trinajstić information content (AvgIpc) is 2.82.